The lowest BCUT2D eigenvalue weighted by molar-refractivity contribution is 0.0963. The molecule has 2 aromatic rings. The molecule has 22 heavy (non-hydrogen) atoms. The van der Waals surface area contributed by atoms with E-state index in [0.29, 0.717) is 12.1 Å². The third-order valence-corrected chi connectivity index (χ3v) is 3.87. The van der Waals surface area contributed by atoms with Crippen molar-refractivity contribution in [2.45, 2.75) is 13.1 Å². The lowest BCUT2D eigenvalue weighted by Gasteiger charge is -2.12. The molecule has 0 radical (unpaired) electrons. The number of carbonyl (C=O) groups excluding carboxylic acids is 1. The van der Waals surface area contributed by atoms with Crippen molar-refractivity contribution in [3.8, 4) is 0 Å². The number of benzene rings is 1. The van der Waals surface area contributed by atoms with Crippen LogP contribution in [0.5, 0.6) is 0 Å². The van der Waals surface area contributed by atoms with Crippen LogP contribution in [0.3, 0.4) is 0 Å². The molecule has 0 saturated carbocycles. The van der Waals surface area contributed by atoms with Crippen molar-refractivity contribution in [3.63, 3.8) is 0 Å². The highest BCUT2D eigenvalue weighted by Crippen LogP contribution is 2.06. The van der Waals surface area contributed by atoms with Gasteiger partial charge < -0.3 is 16.0 Å². The number of rotatable bonds is 5. The molecule has 0 bridgehead atoms. The topological polar surface area (TPSA) is 65.5 Å². The van der Waals surface area contributed by atoms with E-state index in [1.165, 1.54) is 5.56 Å². The first-order chi connectivity index (χ1) is 10.7. The average molecular weight is 316 g/mol. The van der Waals surface area contributed by atoms with E-state index in [2.05, 4.69) is 37.8 Å². The molecule has 5 nitrogen and oxygen atoms in total. The Morgan fingerprint density at radius 2 is 1.95 bits per heavy atom. The van der Waals surface area contributed by atoms with E-state index in [9.17, 15) is 4.79 Å². The van der Waals surface area contributed by atoms with Crippen molar-refractivity contribution in [2.24, 2.45) is 4.99 Å². The molecule has 6 heteroatoms. The summed E-state index contributed by atoms with van der Waals surface area (Å²) in [5, 5.41) is 13.3. The van der Waals surface area contributed by atoms with Crippen LogP contribution in [0.2, 0.25) is 0 Å². The molecule has 0 fully saturated rings. The van der Waals surface area contributed by atoms with Gasteiger partial charge in [0.1, 0.15) is 0 Å². The summed E-state index contributed by atoms with van der Waals surface area (Å²) in [4.78, 5) is 15.8. The van der Waals surface area contributed by atoms with Crippen LogP contribution in [0, 0.1) is 0 Å². The summed E-state index contributed by atoms with van der Waals surface area (Å²) in [6.07, 6.45) is 0. The van der Waals surface area contributed by atoms with Gasteiger partial charge in [0.05, 0.1) is 0 Å². The van der Waals surface area contributed by atoms with Gasteiger partial charge in [-0.05, 0) is 40.1 Å². The summed E-state index contributed by atoms with van der Waals surface area (Å²) in [7, 11) is 3.37. The van der Waals surface area contributed by atoms with E-state index < -0.39 is 0 Å². The van der Waals surface area contributed by atoms with E-state index in [4.69, 9.17) is 0 Å². The number of hydrogen-bond acceptors (Lipinski definition) is 3. The van der Waals surface area contributed by atoms with Crippen LogP contribution in [0.15, 0.2) is 46.1 Å². The Morgan fingerprint density at radius 1 is 1.18 bits per heavy atom. The second-order valence-electron chi connectivity index (χ2n) is 4.69. The SMILES string of the molecule is CN=C(NCc1ccsc1)NCc1cccc(C(=O)NC)c1. The molecule has 0 spiro atoms. The Morgan fingerprint density at radius 3 is 2.59 bits per heavy atom. The number of nitrogens with zero attached hydrogens (tertiary/aromatic N) is 1. The van der Waals surface area contributed by atoms with Crippen LogP contribution in [-0.2, 0) is 13.1 Å². The van der Waals surface area contributed by atoms with Crippen LogP contribution < -0.4 is 16.0 Å². The number of guanidine groups is 1. The van der Waals surface area contributed by atoms with Gasteiger partial charge >= 0.3 is 0 Å². The maximum absolute atomic E-state index is 11.6. The summed E-state index contributed by atoms with van der Waals surface area (Å²) in [6, 6.07) is 9.61. The van der Waals surface area contributed by atoms with E-state index >= 15 is 0 Å². The van der Waals surface area contributed by atoms with Gasteiger partial charge in [-0.2, -0.15) is 11.3 Å². The number of hydrogen-bond donors (Lipinski definition) is 3. The number of aliphatic imine (C=N–C) groups is 1. The molecule has 1 aromatic heterocycles. The summed E-state index contributed by atoms with van der Waals surface area (Å²) in [6.45, 7) is 1.34. The monoisotopic (exact) mass is 316 g/mol. The van der Waals surface area contributed by atoms with Gasteiger partial charge in [0.25, 0.3) is 5.91 Å². The zero-order chi connectivity index (χ0) is 15.8. The van der Waals surface area contributed by atoms with Crippen LogP contribution in [0.4, 0.5) is 0 Å². The van der Waals surface area contributed by atoms with E-state index in [-0.39, 0.29) is 5.91 Å². The summed E-state index contributed by atoms with van der Waals surface area (Å²) in [5.41, 5.74) is 2.91. The molecule has 0 aliphatic rings. The Kier molecular flexibility index (Phi) is 5.97. The maximum Gasteiger partial charge on any atom is 0.251 e. The molecule has 3 N–H and O–H groups in total. The summed E-state index contributed by atoms with van der Waals surface area (Å²) in [5.74, 6) is 0.651. The Hall–Kier alpha value is -2.34. The first-order valence-electron chi connectivity index (χ1n) is 6.99. The fourth-order valence-electron chi connectivity index (χ4n) is 1.95. The van der Waals surface area contributed by atoms with Gasteiger partial charge in [0.2, 0.25) is 0 Å². The van der Waals surface area contributed by atoms with E-state index in [1.807, 2.05) is 18.2 Å². The van der Waals surface area contributed by atoms with Gasteiger partial charge in [-0.15, -0.1) is 0 Å². The number of nitrogens with one attached hydrogen (secondary N) is 3. The predicted molar refractivity (Wildman–Crippen MR) is 91.2 cm³/mol. The maximum atomic E-state index is 11.6. The number of amides is 1. The van der Waals surface area contributed by atoms with Crippen molar-refractivity contribution >= 4 is 23.2 Å². The molecule has 116 valence electrons. The van der Waals surface area contributed by atoms with Gasteiger partial charge in [0.15, 0.2) is 5.96 Å². The van der Waals surface area contributed by atoms with Crippen LogP contribution in [-0.4, -0.2) is 26.0 Å². The minimum atomic E-state index is -0.0817. The largest absolute Gasteiger partial charge is 0.355 e. The second kappa shape index (κ2) is 8.19. The third kappa shape index (κ3) is 4.60. The predicted octanol–water partition coefficient (Wildman–Crippen LogP) is 1.97. The number of carbonyl (C=O) groups is 1. The van der Waals surface area contributed by atoms with Crippen molar-refractivity contribution < 1.29 is 4.79 Å². The molecule has 0 aliphatic carbocycles. The molecule has 0 unspecified atom stereocenters. The molecule has 0 aliphatic heterocycles. The highest BCUT2D eigenvalue weighted by Gasteiger charge is 2.04. The van der Waals surface area contributed by atoms with Gasteiger partial charge in [0, 0.05) is 32.7 Å². The lowest BCUT2D eigenvalue weighted by atomic mass is 10.1. The minimum absolute atomic E-state index is 0.0817. The highest BCUT2D eigenvalue weighted by molar-refractivity contribution is 7.07. The van der Waals surface area contributed by atoms with Crippen LogP contribution in [0.25, 0.3) is 0 Å². The average Bonchev–Trinajstić information content (AvgIpc) is 3.08. The lowest BCUT2D eigenvalue weighted by Crippen LogP contribution is -2.36. The molecule has 2 rings (SSSR count). The Bertz CT molecular complexity index is 637. The molecule has 0 atom stereocenters. The van der Waals surface area contributed by atoms with E-state index in [0.717, 1.165) is 18.1 Å². The fourth-order valence-corrected chi connectivity index (χ4v) is 2.62. The van der Waals surface area contributed by atoms with Crippen molar-refractivity contribution in [1.29, 1.82) is 0 Å². The highest BCUT2D eigenvalue weighted by atomic mass is 32.1. The molecule has 1 amide bonds. The first kappa shape index (κ1) is 16.0. The fraction of sp³-hybridized carbons (Fsp3) is 0.250. The van der Waals surface area contributed by atoms with E-state index in [1.54, 1.807) is 31.5 Å². The van der Waals surface area contributed by atoms with Crippen LogP contribution in [0.1, 0.15) is 21.5 Å². The normalized spacial score (nSPS) is 11.1. The Balaban J connectivity index is 1.89. The van der Waals surface area contributed by atoms with Crippen molar-refractivity contribution in [2.75, 3.05) is 14.1 Å². The molecular formula is C16H20N4OS. The van der Waals surface area contributed by atoms with Gasteiger partial charge in [-0.1, -0.05) is 12.1 Å². The quantitative estimate of drug-likeness (QED) is 0.584. The summed E-state index contributed by atoms with van der Waals surface area (Å²) < 4.78 is 0. The van der Waals surface area contributed by atoms with Crippen molar-refractivity contribution in [1.82, 2.24) is 16.0 Å². The standard InChI is InChI=1S/C16H20N4OS/c1-17-15(21)14-5-3-4-12(8-14)9-19-16(18-2)20-10-13-6-7-22-11-13/h3-8,11H,9-10H2,1-2H3,(H,17,21)(H2,18,19,20). The van der Waals surface area contributed by atoms with Crippen molar-refractivity contribution in [3.05, 3.63) is 57.8 Å². The Labute approximate surface area is 134 Å². The third-order valence-electron chi connectivity index (χ3n) is 3.14. The molecule has 1 aromatic carbocycles. The molecule has 0 saturated heterocycles. The second-order valence-corrected chi connectivity index (χ2v) is 5.47. The zero-order valence-electron chi connectivity index (χ0n) is 12.7. The van der Waals surface area contributed by atoms with Crippen LogP contribution >= 0.6 is 11.3 Å². The minimum Gasteiger partial charge on any atom is -0.355 e. The smallest absolute Gasteiger partial charge is 0.251 e. The zero-order valence-corrected chi connectivity index (χ0v) is 13.5. The van der Waals surface area contributed by atoms with Gasteiger partial charge in [-0.3, -0.25) is 9.79 Å². The molecule has 1 heterocycles. The number of thiophene rings is 1. The summed E-state index contributed by atoms with van der Waals surface area (Å²) >= 11 is 1.68. The first-order valence-corrected chi connectivity index (χ1v) is 7.94. The molecular weight excluding hydrogens is 296 g/mol. The van der Waals surface area contributed by atoms with Gasteiger partial charge in [-0.25, -0.2) is 0 Å².